The molecule has 6 heteroatoms. The van der Waals surface area contributed by atoms with E-state index in [0.29, 0.717) is 0 Å². The lowest BCUT2D eigenvalue weighted by atomic mass is 10.3. The molecule has 0 amide bonds. The molecule has 0 aliphatic rings. The summed E-state index contributed by atoms with van der Waals surface area (Å²) in [7, 11) is 0. The number of alkyl halides is 1. The van der Waals surface area contributed by atoms with Gasteiger partial charge in [-0.1, -0.05) is 6.07 Å². The van der Waals surface area contributed by atoms with E-state index in [4.69, 9.17) is 11.6 Å². The molecule has 1 unspecified atom stereocenters. The average Bonchev–Trinajstić information content (AvgIpc) is 2.78. The van der Waals surface area contributed by atoms with Crippen LogP contribution in [-0.4, -0.2) is 14.5 Å². The van der Waals surface area contributed by atoms with Crippen molar-refractivity contribution in [3.8, 4) is 5.69 Å². The lowest BCUT2D eigenvalue weighted by molar-refractivity contribution is 0.871. The quantitative estimate of drug-likeness (QED) is 0.500. The highest BCUT2D eigenvalue weighted by atomic mass is 79.9. The molecule has 0 saturated heterocycles. The number of rotatable bonds is 2. The summed E-state index contributed by atoms with van der Waals surface area (Å²) in [4.78, 5) is 9.28. The van der Waals surface area contributed by atoms with Gasteiger partial charge in [-0.2, -0.15) is 0 Å². The second-order valence-corrected chi connectivity index (χ2v) is 7.15. The molecule has 0 bridgehead atoms. The van der Waals surface area contributed by atoms with Crippen LogP contribution in [0.1, 0.15) is 23.8 Å². The summed E-state index contributed by atoms with van der Waals surface area (Å²) in [5, 5.41) is -0.224. The van der Waals surface area contributed by atoms with Crippen LogP contribution in [0, 0.1) is 6.92 Å². The molecule has 21 heavy (non-hydrogen) atoms. The molecular formula is C15H12Br2ClN3. The van der Waals surface area contributed by atoms with Crippen LogP contribution in [0.4, 0.5) is 0 Å². The Morgan fingerprint density at radius 3 is 2.38 bits per heavy atom. The van der Waals surface area contributed by atoms with Gasteiger partial charge in [0.05, 0.1) is 11.1 Å². The first-order chi connectivity index (χ1) is 9.99. The van der Waals surface area contributed by atoms with Crippen molar-refractivity contribution in [1.82, 2.24) is 14.5 Å². The molecule has 0 saturated carbocycles. The van der Waals surface area contributed by atoms with Crippen LogP contribution in [0.5, 0.6) is 0 Å². The number of halogens is 3. The Hall–Kier alpha value is -0.910. The summed E-state index contributed by atoms with van der Waals surface area (Å²) in [6.45, 7) is 3.88. The number of aryl methyl sites for hydroxylation is 1. The van der Waals surface area contributed by atoms with Crippen molar-refractivity contribution in [3.05, 3.63) is 50.8 Å². The minimum atomic E-state index is -0.224. The van der Waals surface area contributed by atoms with Crippen molar-refractivity contribution in [2.45, 2.75) is 19.2 Å². The van der Waals surface area contributed by atoms with Crippen molar-refractivity contribution in [1.29, 1.82) is 0 Å². The zero-order valence-electron chi connectivity index (χ0n) is 11.4. The summed E-state index contributed by atoms with van der Waals surface area (Å²) in [5.74, 6) is 0.775. The number of fused-ring (bicyclic) bond motifs is 1. The fourth-order valence-electron chi connectivity index (χ4n) is 2.26. The molecule has 1 atom stereocenters. The number of nitrogens with zero attached hydrogens (tertiary/aromatic N) is 3. The number of aromatic nitrogens is 3. The van der Waals surface area contributed by atoms with Gasteiger partial charge < -0.3 is 0 Å². The monoisotopic (exact) mass is 427 g/mol. The lowest BCUT2D eigenvalue weighted by Crippen LogP contribution is -2.04. The maximum absolute atomic E-state index is 6.33. The fraction of sp³-hybridized carbons (Fsp3) is 0.200. The molecule has 2 heterocycles. The van der Waals surface area contributed by atoms with Gasteiger partial charge in [-0.15, -0.1) is 11.6 Å². The van der Waals surface area contributed by atoms with E-state index in [9.17, 15) is 0 Å². The van der Waals surface area contributed by atoms with Gasteiger partial charge in [0.2, 0.25) is 0 Å². The third-order valence-corrected chi connectivity index (χ3v) is 4.66. The van der Waals surface area contributed by atoms with Crippen molar-refractivity contribution < 1.29 is 0 Å². The van der Waals surface area contributed by atoms with Crippen molar-refractivity contribution in [3.63, 3.8) is 0 Å². The van der Waals surface area contributed by atoms with Crippen LogP contribution >= 0.6 is 43.5 Å². The molecular weight excluding hydrogens is 417 g/mol. The summed E-state index contributed by atoms with van der Waals surface area (Å²) >= 11 is 13.5. The molecule has 3 aromatic rings. The van der Waals surface area contributed by atoms with E-state index in [1.165, 1.54) is 0 Å². The fourth-order valence-corrected chi connectivity index (χ4v) is 3.76. The molecule has 3 nitrogen and oxygen atoms in total. The second kappa shape index (κ2) is 5.71. The van der Waals surface area contributed by atoms with Gasteiger partial charge in [0.1, 0.15) is 11.3 Å². The number of benzene rings is 1. The first-order valence-corrected chi connectivity index (χ1v) is 8.45. The third kappa shape index (κ3) is 2.62. The molecule has 0 N–H and O–H groups in total. The standard InChI is InChI=1S/C15H12Br2ClN3/c1-8-6-7-12-15(19-8)21(14(20-12)9(2)18)13-10(16)4-3-5-11(13)17/h3-7,9H,1-2H3. The minimum Gasteiger partial charge on any atom is -0.277 e. The molecule has 108 valence electrons. The van der Waals surface area contributed by atoms with Crippen molar-refractivity contribution in [2.75, 3.05) is 0 Å². The number of imidazole rings is 1. The minimum absolute atomic E-state index is 0.224. The zero-order valence-corrected chi connectivity index (χ0v) is 15.4. The van der Waals surface area contributed by atoms with Crippen LogP contribution < -0.4 is 0 Å². The Morgan fingerprint density at radius 2 is 1.76 bits per heavy atom. The van der Waals surface area contributed by atoms with Gasteiger partial charge in [-0.3, -0.25) is 4.57 Å². The van der Waals surface area contributed by atoms with Crippen LogP contribution in [0.25, 0.3) is 16.9 Å². The third-order valence-electron chi connectivity index (χ3n) is 3.19. The van der Waals surface area contributed by atoms with Crippen molar-refractivity contribution in [2.24, 2.45) is 0 Å². The SMILES string of the molecule is Cc1ccc2nc(C(C)Cl)n(-c3c(Br)cccc3Br)c2n1. The topological polar surface area (TPSA) is 30.7 Å². The first kappa shape index (κ1) is 15.0. The van der Waals surface area contributed by atoms with Gasteiger partial charge in [0.25, 0.3) is 0 Å². The summed E-state index contributed by atoms with van der Waals surface area (Å²) in [6, 6.07) is 9.88. The van der Waals surface area contributed by atoms with E-state index in [1.807, 2.05) is 48.7 Å². The van der Waals surface area contributed by atoms with E-state index in [1.54, 1.807) is 0 Å². The number of pyridine rings is 1. The van der Waals surface area contributed by atoms with Gasteiger partial charge in [0, 0.05) is 14.6 Å². The highest BCUT2D eigenvalue weighted by Gasteiger charge is 2.20. The van der Waals surface area contributed by atoms with Crippen LogP contribution in [-0.2, 0) is 0 Å². The number of hydrogen-bond donors (Lipinski definition) is 0. The maximum atomic E-state index is 6.33. The number of para-hydroxylation sites is 1. The van der Waals surface area contributed by atoms with E-state index < -0.39 is 0 Å². The molecule has 2 aromatic heterocycles. The molecule has 1 aromatic carbocycles. The Labute approximate surface area is 144 Å². The van der Waals surface area contributed by atoms with Crippen molar-refractivity contribution >= 4 is 54.6 Å². The number of hydrogen-bond acceptors (Lipinski definition) is 2. The normalized spacial score (nSPS) is 12.8. The average molecular weight is 430 g/mol. The molecule has 0 fully saturated rings. The molecule has 0 aliphatic carbocycles. The Balaban J connectivity index is 2.44. The highest BCUT2D eigenvalue weighted by Crippen LogP contribution is 2.35. The van der Waals surface area contributed by atoms with Crippen LogP contribution in [0.15, 0.2) is 39.3 Å². The smallest absolute Gasteiger partial charge is 0.165 e. The summed E-state index contributed by atoms with van der Waals surface area (Å²) in [5.41, 5.74) is 3.55. The predicted octanol–water partition coefficient (Wildman–Crippen LogP) is 5.55. The van der Waals surface area contributed by atoms with E-state index in [2.05, 4.69) is 41.8 Å². The molecule has 3 rings (SSSR count). The van der Waals surface area contributed by atoms with E-state index in [0.717, 1.165) is 37.3 Å². The lowest BCUT2D eigenvalue weighted by Gasteiger charge is -2.13. The van der Waals surface area contributed by atoms with Gasteiger partial charge in [0.15, 0.2) is 5.65 Å². The molecule has 0 aliphatic heterocycles. The zero-order chi connectivity index (χ0) is 15.1. The van der Waals surface area contributed by atoms with Crippen LogP contribution in [0.2, 0.25) is 0 Å². The second-order valence-electron chi connectivity index (χ2n) is 4.79. The van der Waals surface area contributed by atoms with Gasteiger partial charge in [-0.25, -0.2) is 9.97 Å². The molecule has 0 radical (unpaired) electrons. The predicted molar refractivity (Wildman–Crippen MR) is 93.3 cm³/mol. The summed E-state index contributed by atoms with van der Waals surface area (Å²) in [6.07, 6.45) is 0. The Kier molecular flexibility index (Phi) is 4.08. The van der Waals surface area contributed by atoms with E-state index in [-0.39, 0.29) is 5.38 Å². The van der Waals surface area contributed by atoms with Gasteiger partial charge >= 0.3 is 0 Å². The molecule has 0 spiro atoms. The highest BCUT2D eigenvalue weighted by molar-refractivity contribution is 9.11. The van der Waals surface area contributed by atoms with E-state index >= 15 is 0 Å². The largest absolute Gasteiger partial charge is 0.277 e. The maximum Gasteiger partial charge on any atom is 0.165 e. The Bertz CT molecular complexity index is 807. The Morgan fingerprint density at radius 1 is 1.10 bits per heavy atom. The summed E-state index contributed by atoms with van der Waals surface area (Å²) < 4.78 is 3.92. The first-order valence-electron chi connectivity index (χ1n) is 6.43. The van der Waals surface area contributed by atoms with Gasteiger partial charge in [-0.05, 0) is 70.0 Å². The van der Waals surface area contributed by atoms with Crippen LogP contribution in [0.3, 0.4) is 0 Å².